The molecule has 5 rings (SSSR count). The van der Waals surface area contributed by atoms with Crippen molar-refractivity contribution in [3.05, 3.63) is 77.9 Å². The van der Waals surface area contributed by atoms with Crippen LogP contribution in [0, 0.1) is 5.82 Å². The summed E-state index contributed by atoms with van der Waals surface area (Å²) >= 11 is 0. The number of anilines is 1. The fourth-order valence-electron chi connectivity index (χ4n) is 5.31. The van der Waals surface area contributed by atoms with E-state index in [0.29, 0.717) is 11.5 Å². The van der Waals surface area contributed by atoms with Gasteiger partial charge in [0, 0.05) is 56.3 Å². The van der Waals surface area contributed by atoms with Crippen LogP contribution in [0.5, 0.6) is 0 Å². The first-order chi connectivity index (χ1) is 19.6. The van der Waals surface area contributed by atoms with Crippen LogP contribution < -0.4 is 10.2 Å². The van der Waals surface area contributed by atoms with E-state index in [1.165, 1.54) is 6.07 Å². The predicted molar refractivity (Wildman–Crippen MR) is 155 cm³/mol. The molecule has 1 unspecified atom stereocenters. The lowest BCUT2D eigenvalue weighted by molar-refractivity contribution is 0.0759. The number of piperazine rings is 1. The number of benzene rings is 2. The second kappa shape index (κ2) is 11.7. The van der Waals surface area contributed by atoms with E-state index >= 15 is 0 Å². The number of aliphatic hydroxyl groups is 1. The van der Waals surface area contributed by atoms with E-state index < -0.39 is 32.7 Å². The van der Waals surface area contributed by atoms with Crippen LogP contribution >= 0.6 is 0 Å². The molecule has 41 heavy (non-hydrogen) atoms. The fourth-order valence-corrected chi connectivity index (χ4v) is 7.00. The van der Waals surface area contributed by atoms with Crippen LogP contribution in [-0.4, -0.2) is 79.8 Å². The number of hydrogen-bond donors (Lipinski definition) is 2. The highest BCUT2D eigenvalue weighted by Gasteiger charge is 2.47. The number of rotatable bonds is 7. The van der Waals surface area contributed by atoms with Crippen LogP contribution in [0.4, 0.5) is 10.3 Å². The molecule has 2 aliphatic heterocycles. The van der Waals surface area contributed by atoms with Crippen LogP contribution in [0.1, 0.15) is 42.7 Å². The first-order valence-corrected chi connectivity index (χ1v) is 15.1. The molecule has 0 spiro atoms. The molecule has 0 saturated carbocycles. The number of nitrogens with one attached hydrogen (secondary N) is 1. The average molecular weight is 583 g/mol. The topological polar surface area (TPSA) is 120 Å². The third kappa shape index (κ3) is 6.34. The van der Waals surface area contributed by atoms with Gasteiger partial charge in [-0.05, 0) is 44.5 Å². The Bertz CT molecular complexity index is 1490. The molecule has 0 aliphatic carbocycles. The number of nitrogens with zero attached hydrogens (tertiary/aromatic N) is 5. The van der Waals surface area contributed by atoms with Gasteiger partial charge in [0.15, 0.2) is 0 Å². The second-order valence-electron chi connectivity index (χ2n) is 10.9. The van der Waals surface area contributed by atoms with Crippen molar-refractivity contribution in [3.63, 3.8) is 0 Å². The SMILES string of the molecule is CN1CCN(c2ncc(-c3ccc(C4C(C)(C)OC(N[C@@H](CCO)c5ccccc5F)=NS4(=O)=O)cc3)cn2)CC1. The molecular formula is C29H35FN6O4S. The maximum atomic E-state index is 14.4. The molecular weight excluding hydrogens is 547 g/mol. The van der Waals surface area contributed by atoms with Crippen LogP contribution in [-0.2, 0) is 14.8 Å². The van der Waals surface area contributed by atoms with Crippen molar-refractivity contribution in [2.75, 3.05) is 44.7 Å². The van der Waals surface area contributed by atoms with Crippen LogP contribution in [0.25, 0.3) is 11.1 Å². The minimum Gasteiger partial charge on any atom is -0.457 e. The molecule has 3 aromatic rings. The van der Waals surface area contributed by atoms with Gasteiger partial charge in [-0.25, -0.2) is 22.8 Å². The smallest absolute Gasteiger partial charge is 0.301 e. The maximum absolute atomic E-state index is 14.4. The summed E-state index contributed by atoms with van der Waals surface area (Å²) in [6, 6.07) is 12.3. The molecule has 0 bridgehead atoms. The molecule has 2 aliphatic rings. The van der Waals surface area contributed by atoms with E-state index in [9.17, 15) is 17.9 Å². The van der Waals surface area contributed by atoms with Crippen molar-refractivity contribution in [1.29, 1.82) is 0 Å². The van der Waals surface area contributed by atoms with E-state index in [1.807, 2.05) is 12.1 Å². The number of aromatic nitrogens is 2. The van der Waals surface area contributed by atoms with Gasteiger partial charge in [0.1, 0.15) is 16.7 Å². The van der Waals surface area contributed by atoms with Gasteiger partial charge in [0.05, 0.1) is 6.04 Å². The Morgan fingerprint density at radius 3 is 2.32 bits per heavy atom. The van der Waals surface area contributed by atoms with E-state index in [4.69, 9.17) is 4.74 Å². The van der Waals surface area contributed by atoms with Gasteiger partial charge >= 0.3 is 6.02 Å². The zero-order valence-corrected chi connectivity index (χ0v) is 24.2. The first-order valence-electron chi connectivity index (χ1n) is 13.6. The molecule has 1 saturated heterocycles. The third-order valence-electron chi connectivity index (χ3n) is 7.47. The summed E-state index contributed by atoms with van der Waals surface area (Å²) in [5.74, 6) is 0.221. The summed E-state index contributed by atoms with van der Waals surface area (Å²) in [4.78, 5) is 13.5. The highest BCUT2D eigenvalue weighted by Crippen LogP contribution is 2.41. The van der Waals surface area contributed by atoms with Gasteiger partial charge in [-0.3, -0.25) is 0 Å². The Hall–Kier alpha value is -3.61. The van der Waals surface area contributed by atoms with Crippen molar-refractivity contribution in [2.45, 2.75) is 37.2 Å². The van der Waals surface area contributed by atoms with Gasteiger partial charge in [-0.15, -0.1) is 4.40 Å². The molecule has 0 radical (unpaired) electrons. The van der Waals surface area contributed by atoms with Crippen molar-refractivity contribution >= 4 is 22.0 Å². The first kappa shape index (κ1) is 28.9. The predicted octanol–water partition coefficient (Wildman–Crippen LogP) is 3.28. The number of sulfonamides is 1. The minimum absolute atomic E-state index is 0.134. The largest absolute Gasteiger partial charge is 0.457 e. The molecule has 2 N–H and O–H groups in total. The summed E-state index contributed by atoms with van der Waals surface area (Å²) in [6.45, 7) is 6.80. The van der Waals surface area contributed by atoms with E-state index in [-0.39, 0.29) is 24.6 Å². The van der Waals surface area contributed by atoms with Crippen LogP contribution in [0.2, 0.25) is 0 Å². The monoisotopic (exact) mass is 582 g/mol. The molecule has 3 heterocycles. The number of hydrogen-bond acceptors (Lipinski definition) is 9. The molecule has 2 atom stereocenters. The van der Waals surface area contributed by atoms with Crippen LogP contribution in [0.15, 0.2) is 65.3 Å². The average Bonchev–Trinajstić information content (AvgIpc) is 2.93. The van der Waals surface area contributed by atoms with Crippen molar-refractivity contribution in [2.24, 2.45) is 4.40 Å². The van der Waals surface area contributed by atoms with Crippen LogP contribution in [0.3, 0.4) is 0 Å². The molecule has 218 valence electrons. The molecule has 1 fully saturated rings. The summed E-state index contributed by atoms with van der Waals surface area (Å²) in [6.07, 6.45) is 3.69. The number of aliphatic hydroxyl groups excluding tert-OH is 1. The Morgan fingerprint density at radius 2 is 1.71 bits per heavy atom. The summed E-state index contributed by atoms with van der Waals surface area (Å²) in [7, 11) is -1.98. The lowest BCUT2D eigenvalue weighted by Crippen LogP contribution is -2.47. The Labute approximate surface area is 240 Å². The number of amidine groups is 1. The maximum Gasteiger partial charge on any atom is 0.301 e. The van der Waals surface area contributed by atoms with Crippen molar-refractivity contribution in [1.82, 2.24) is 20.2 Å². The summed E-state index contributed by atoms with van der Waals surface area (Å²) < 4.78 is 51.3. The van der Waals surface area contributed by atoms with Crippen molar-refractivity contribution in [3.8, 4) is 11.1 Å². The zero-order chi connectivity index (χ0) is 29.2. The quantitative estimate of drug-likeness (QED) is 0.432. The minimum atomic E-state index is -4.08. The van der Waals surface area contributed by atoms with E-state index in [2.05, 4.69) is 36.5 Å². The molecule has 12 heteroatoms. The molecule has 1 aromatic heterocycles. The molecule has 2 aromatic carbocycles. The standard InChI is InChI=1S/C29H35FN6O4S/c1-29(2)26(41(38,39)34-28(40-29)33-25(12-17-37)23-6-4-5-7-24(23)30)21-10-8-20(9-11-21)22-18-31-27(32-19-22)36-15-13-35(3)14-16-36/h4-11,18-19,25-26,37H,12-17H2,1-3H3,(H,33,34)/t25-,26?/m0/s1. The summed E-state index contributed by atoms with van der Waals surface area (Å²) in [5.41, 5.74) is 1.28. The zero-order valence-electron chi connectivity index (χ0n) is 23.4. The van der Waals surface area contributed by atoms with Crippen molar-refractivity contribution < 1.29 is 22.7 Å². The molecule has 10 nitrogen and oxygen atoms in total. The Balaban J connectivity index is 1.34. The number of ether oxygens (including phenoxy) is 1. The van der Waals surface area contributed by atoms with Gasteiger partial charge < -0.3 is 25.0 Å². The lowest BCUT2D eigenvalue weighted by atomic mass is 9.96. The summed E-state index contributed by atoms with van der Waals surface area (Å²) in [5, 5.41) is 11.3. The molecule has 0 amide bonds. The van der Waals surface area contributed by atoms with Gasteiger partial charge in [-0.1, -0.05) is 42.5 Å². The van der Waals surface area contributed by atoms with Gasteiger partial charge in [0.2, 0.25) is 5.95 Å². The lowest BCUT2D eigenvalue weighted by Gasteiger charge is -2.38. The number of likely N-dealkylation sites (N-methyl/N-ethyl adjacent to an activating group) is 1. The second-order valence-corrected chi connectivity index (χ2v) is 12.6. The van der Waals surface area contributed by atoms with Gasteiger partial charge in [0.25, 0.3) is 10.0 Å². The third-order valence-corrected chi connectivity index (χ3v) is 9.32. The highest BCUT2D eigenvalue weighted by molar-refractivity contribution is 7.90. The Kier molecular flexibility index (Phi) is 8.25. The van der Waals surface area contributed by atoms with E-state index in [0.717, 1.165) is 37.3 Å². The fraction of sp³-hybridized carbons (Fsp3) is 0.414. The Morgan fingerprint density at radius 1 is 1.05 bits per heavy atom. The van der Waals surface area contributed by atoms with Gasteiger partial charge in [-0.2, -0.15) is 0 Å². The highest BCUT2D eigenvalue weighted by atomic mass is 32.2. The number of halogens is 1. The normalized spacial score (nSPS) is 21.0. The van der Waals surface area contributed by atoms with E-state index in [1.54, 1.807) is 56.6 Å².